The van der Waals surface area contributed by atoms with Crippen molar-refractivity contribution >= 4 is 23.8 Å². The Kier molecular flexibility index (Phi) is 5.38. The van der Waals surface area contributed by atoms with E-state index in [1.54, 1.807) is 17.3 Å². The third-order valence-corrected chi connectivity index (χ3v) is 5.84. The fraction of sp³-hybridized carbons (Fsp3) is 0.167. The van der Waals surface area contributed by atoms with Gasteiger partial charge in [0, 0.05) is 30.2 Å². The Hall–Kier alpha value is -3.62. The van der Waals surface area contributed by atoms with Crippen LogP contribution in [0.5, 0.6) is 0 Å². The van der Waals surface area contributed by atoms with Crippen molar-refractivity contribution in [3.63, 3.8) is 0 Å². The average molecular weight is 444 g/mol. The van der Waals surface area contributed by atoms with Gasteiger partial charge in [0.15, 0.2) is 0 Å². The van der Waals surface area contributed by atoms with Crippen LogP contribution in [0.25, 0.3) is 22.6 Å². The molecule has 0 radical (unpaired) electrons. The number of pyridine rings is 1. The molecular formula is C24H21N5O2S. The average Bonchev–Trinajstić information content (AvgIpc) is 3.45. The van der Waals surface area contributed by atoms with Gasteiger partial charge in [-0.05, 0) is 71.6 Å². The van der Waals surface area contributed by atoms with E-state index in [-0.39, 0.29) is 10.7 Å². The number of aromatic amines is 1. The number of carbonyl (C=O) groups excluding carboxylic acids is 1. The first-order valence-corrected chi connectivity index (χ1v) is 10.7. The summed E-state index contributed by atoms with van der Waals surface area (Å²) in [5.41, 5.74) is 11.9. The van der Waals surface area contributed by atoms with Crippen LogP contribution in [0.1, 0.15) is 11.1 Å². The summed E-state index contributed by atoms with van der Waals surface area (Å²) in [7, 11) is 0. The topological polar surface area (TPSA) is 101 Å². The van der Waals surface area contributed by atoms with Crippen molar-refractivity contribution in [2.45, 2.75) is 18.9 Å². The van der Waals surface area contributed by atoms with E-state index in [1.807, 2.05) is 54.6 Å². The van der Waals surface area contributed by atoms with E-state index in [0.717, 1.165) is 33.5 Å². The molecule has 1 aliphatic rings. The quantitative estimate of drug-likeness (QED) is 0.454. The predicted octanol–water partition coefficient (Wildman–Crippen LogP) is 3.92. The summed E-state index contributed by atoms with van der Waals surface area (Å²) in [5, 5.41) is 6.91. The molecule has 1 amide bonds. The number of nitrogens with two attached hydrogens (primary N) is 1. The lowest BCUT2D eigenvalue weighted by Crippen LogP contribution is -2.44. The normalized spacial score (nSPS) is 13.7. The molecule has 4 aromatic rings. The molecule has 2 aromatic heterocycles. The number of aromatic nitrogens is 3. The summed E-state index contributed by atoms with van der Waals surface area (Å²) in [6.07, 6.45) is 4.64. The molecule has 0 unspecified atom stereocenters. The van der Waals surface area contributed by atoms with Gasteiger partial charge < -0.3 is 15.1 Å². The lowest BCUT2D eigenvalue weighted by atomic mass is 9.97. The van der Waals surface area contributed by atoms with Gasteiger partial charge in [0.2, 0.25) is 11.8 Å². The van der Waals surface area contributed by atoms with Crippen LogP contribution < -0.4 is 10.6 Å². The number of rotatable bonds is 5. The molecule has 3 N–H and O–H groups in total. The zero-order valence-electron chi connectivity index (χ0n) is 17.2. The second kappa shape index (κ2) is 8.49. The molecule has 7 nitrogen and oxygen atoms in total. The number of carbonyl (C=O) groups is 1. The van der Waals surface area contributed by atoms with Gasteiger partial charge in [-0.3, -0.25) is 9.78 Å². The van der Waals surface area contributed by atoms with Gasteiger partial charge >= 0.3 is 0 Å². The van der Waals surface area contributed by atoms with Gasteiger partial charge in [-0.25, -0.2) is 5.10 Å². The molecule has 0 saturated carbocycles. The zero-order valence-corrected chi connectivity index (χ0v) is 18.0. The predicted molar refractivity (Wildman–Crippen MR) is 125 cm³/mol. The monoisotopic (exact) mass is 443 g/mol. The Bertz CT molecular complexity index is 1320. The summed E-state index contributed by atoms with van der Waals surface area (Å²) >= 11 is 5.07. The number of nitrogens with zero attached hydrogens (tertiary/aromatic N) is 3. The van der Waals surface area contributed by atoms with Crippen molar-refractivity contribution in [3.05, 3.63) is 83.0 Å². The lowest BCUT2D eigenvalue weighted by Gasteiger charge is -2.22. The first-order chi connectivity index (χ1) is 15.6. The Balaban J connectivity index is 1.55. The van der Waals surface area contributed by atoms with Crippen LogP contribution in [-0.2, 0) is 17.6 Å². The number of anilines is 1. The van der Waals surface area contributed by atoms with Gasteiger partial charge in [0.25, 0.3) is 4.84 Å². The van der Waals surface area contributed by atoms with E-state index in [4.69, 9.17) is 22.4 Å². The summed E-state index contributed by atoms with van der Waals surface area (Å²) in [6.45, 7) is 0.550. The molecule has 5 rings (SSSR count). The van der Waals surface area contributed by atoms with Crippen molar-refractivity contribution in [1.82, 2.24) is 15.2 Å². The Morgan fingerprint density at radius 1 is 1.16 bits per heavy atom. The first kappa shape index (κ1) is 20.3. The van der Waals surface area contributed by atoms with Crippen LogP contribution in [0.3, 0.4) is 0 Å². The number of nitrogens with one attached hydrogen (secondary N) is 1. The minimum Gasteiger partial charge on any atom is -0.409 e. The molecule has 0 aliphatic carbocycles. The van der Waals surface area contributed by atoms with Crippen molar-refractivity contribution in [1.29, 1.82) is 0 Å². The third kappa shape index (κ3) is 3.86. The molecule has 2 aromatic carbocycles. The smallest absolute Gasteiger partial charge is 0.284 e. The van der Waals surface area contributed by atoms with Gasteiger partial charge in [0.05, 0.1) is 6.04 Å². The van der Waals surface area contributed by atoms with Gasteiger partial charge in [-0.2, -0.15) is 0 Å². The first-order valence-electron chi connectivity index (χ1n) is 10.3. The molecule has 0 spiro atoms. The van der Waals surface area contributed by atoms with E-state index in [9.17, 15) is 4.79 Å². The maximum absolute atomic E-state index is 13.3. The minimum atomic E-state index is -0.634. The second-order valence-electron chi connectivity index (χ2n) is 7.71. The van der Waals surface area contributed by atoms with Crippen LogP contribution >= 0.6 is 12.2 Å². The number of hydrogen-bond acceptors (Lipinski definition) is 6. The van der Waals surface area contributed by atoms with Crippen molar-refractivity contribution in [2.24, 2.45) is 5.73 Å². The van der Waals surface area contributed by atoms with Crippen molar-refractivity contribution in [3.8, 4) is 22.6 Å². The summed E-state index contributed by atoms with van der Waals surface area (Å²) in [4.78, 5) is 19.4. The number of fused-ring (bicyclic) bond motifs is 1. The SMILES string of the molecule is N[C@@H](Cc1ccccc1)C(=O)N1CCc2c(-c3n[nH]c(=S)o3)cc(-c3ccncc3)cc21. The minimum absolute atomic E-state index is 0.103. The maximum Gasteiger partial charge on any atom is 0.284 e. The summed E-state index contributed by atoms with van der Waals surface area (Å²) in [6, 6.07) is 17.1. The second-order valence-corrected chi connectivity index (χ2v) is 8.08. The van der Waals surface area contributed by atoms with Crippen LogP contribution in [-0.4, -0.2) is 33.7 Å². The highest BCUT2D eigenvalue weighted by molar-refractivity contribution is 7.71. The largest absolute Gasteiger partial charge is 0.409 e. The van der Waals surface area contributed by atoms with E-state index in [0.29, 0.717) is 25.3 Å². The standard InChI is InChI=1S/C24H21N5O2S/c25-20(12-15-4-2-1-3-5-15)23(30)29-11-8-18-19(22-27-28-24(32)31-22)13-17(14-21(18)29)16-6-9-26-10-7-16/h1-7,9-10,13-14,20H,8,11-12,25H2,(H,28,32)/t20-/m0/s1. The Morgan fingerprint density at radius 3 is 2.66 bits per heavy atom. The van der Waals surface area contributed by atoms with Crippen LogP contribution in [0.15, 0.2) is 71.4 Å². The molecule has 1 aliphatic heterocycles. The molecule has 160 valence electrons. The molecule has 3 heterocycles. The Labute approximate surface area is 189 Å². The highest BCUT2D eigenvalue weighted by Gasteiger charge is 2.31. The molecular weight excluding hydrogens is 422 g/mol. The maximum atomic E-state index is 13.3. The molecule has 0 fully saturated rings. The van der Waals surface area contributed by atoms with E-state index in [2.05, 4.69) is 15.2 Å². The third-order valence-electron chi connectivity index (χ3n) is 5.67. The molecule has 8 heteroatoms. The van der Waals surface area contributed by atoms with E-state index in [1.165, 1.54) is 0 Å². The number of benzene rings is 2. The van der Waals surface area contributed by atoms with Crippen LogP contribution in [0.2, 0.25) is 0 Å². The summed E-state index contributed by atoms with van der Waals surface area (Å²) < 4.78 is 5.62. The van der Waals surface area contributed by atoms with Gasteiger partial charge in [0.1, 0.15) is 0 Å². The molecule has 0 saturated heterocycles. The summed E-state index contributed by atoms with van der Waals surface area (Å²) in [5.74, 6) is 0.304. The van der Waals surface area contributed by atoms with E-state index < -0.39 is 6.04 Å². The van der Waals surface area contributed by atoms with Gasteiger partial charge in [-0.15, -0.1) is 5.10 Å². The fourth-order valence-corrected chi connectivity index (χ4v) is 4.26. The van der Waals surface area contributed by atoms with Crippen LogP contribution in [0, 0.1) is 4.84 Å². The van der Waals surface area contributed by atoms with Crippen LogP contribution in [0.4, 0.5) is 5.69 Å². The Morgan fingerprint density at radius 2 is 1.94 bits per heavy atom. The molecule has 1 atom stereocenters. The highest BCUT2D eigenvalue weighted by atomic mass is 32.1. The van der Waals surface area contributed by atoms with Gasteiger partial charge in [-0.1, -0.05) is 30.3 Å². The molecule has 0 bridgehead atoms. The lowest BCUT2D eigenvalue weighted by molar-refractivity contribution is -0.119. The van der Waals surface area contributed by atoms with E-state index >= 15 is 0 Å². The highest BCUT2D eigenvalue weighted by Crippen LogP contribution is 2.40. The number of hydrogen-bond donors (Lipinski definition) is 2. The number of amides is 1. The van der Waals surface area contributed by atoms with Crippen molar-refractivity contribution < 1.29 is 9.21 Å². The zero-order chi connectivity index (χ0) is 22.1. The fourth-order valence-electron chi connectivity index (χ4n) is 4.14. The van der Waals surface area contributed by atoms with Crippen molar-refractivity contribution in [2.75, 3.05) is 11.4 Å². The number of H-pyrrole nitrogens is 1. The molecule has 32 heavy (non-hydrogen) atoms.